The number of rotatable bonds is 4. The zero-order valence-corrected chi connectivity index (χ0v) is 14.2. The highest BCUT2D eigenvalue weighted by Crippen LogP contribution is 2.37. The van der Waals surface area contributed by atoms with E-state index in [1.807, 2.05) is 48.2 Å². The summed E-state index contributed by atoms with van der Waals surface area (Å²) in [6, 6.07) is 13.8. The number of aryl methyl sites for hydroxylation is 1. The molecule has 0 aliphatic carbocycles. The lowest BCUT2D eigenvalue weighted by molar-refractivity contribution is -0.132. The fraction of sp³-hybridized carbons (Fsp3) is 0.350. The highest BCUT2D eigenvalue weighted by Gasteiger charge is 2.28. The molecule has 5 heteroatoms. The van der Waals surface area contributed by atoms with Crippen LogP contribution in [0.2, 0.25) is 0 Å². The Kier molecular flexibility index (Phi) is 4.22. The van der Waals surface area contributed by atoms with Gasteiger partial charge in [0.25, 0.3) is 5.91 Å². The molecular weight excluding hydrogens is 318 g/mol. The van der Waals surface area contributed by atoms with Gasteiger partial charge < -0.3 is 19.1 Å². The maximum atomic E-state index is 12.4. The number of benzene rings is 2. The normalized spacial score (nSPS) is 18.4. The first-order chi connectivity index (χ1) is 12.2. The van der Waals surface area contributed by atoms with Crippen LogP contribution in [0.5, 0.6) is 17.2 Å². The summed E-state index contributed by atoms with van der Waals surface area (Å²) in [4.78, 5) is 14.3. The van der Waals surface area contributed by atoms with Crippen molar-refractivity contribution in [2.24, 2.45) is 0 Å². The molecule has 0 N–H and O–H groups in total. The average Bonchev–Trinajstić information content (AvgIpc) is 3.29. The number of fused-ring (bicyclic) bond motifs is 1. The van der Waals surface area contributed by atoms with Gasteiger partial charge >= 0.3 is 0 Å². The van der Waals surface area contributed by atoms with E-state index < -0.39 is 0 Å². The zero-order valence-electron chi connectivity index (χ0n) is 14.2. The minimum absolute atomic E-state index is 0.0313. The lowest BCUT2D eigenvalue weighted by atomic mass is 9.98. The maximum Gasteiger partial charge on any atom is 0.260 e. The molecule has 2 aliphatic rings. The SMILES string of the molecule is Cc1ccc(OCC(=O)N2CCC(c3ccc4c(c3)OCO4)C2)cc1. The van der Waals surface area contributed by atoms with E-state index >= 15 is 0 Å². The van der Waals surface area contributed by atoms with Gasteiger partial charge in [0, 0.05) is 19.0 Å². The Balaban J connectivity index is 1.34. The molecule has 0 aromatic heterocycles. The summed E-state index contributed by atoms with van der Waals surface area (Å²) in [5.41, 5.74) is 2.36. The summed E-state index contributed by atoms with van der Waals surface area (Å²) in [5.74, 6) is 2.68. The highest BCUT2D eigenvalue weighted by molar-refractivity contribution is 5.78. The minimum Gasteiger partial charge on any atom is -0.484 e. The monoisotopic (exact) mass is 339 g/mol. The van der Waals surface area contributed by atoms with Gasteiger partial charge in [0.15, 0.2) is 18.1 Å². The number of amides is 1. The Labute approximate surface area is 147 Å². The Morgan fingerprint density at radius 2 is 1.96 bits per heavy atom. The third-order valence-electron chi connectivity index (χ3n) is 4.79. The second kappa shape index (κ2) is 6.67. The van der Waals surface area contributed by atoms with Crippen LogP contribution in [-0.2, 0) is 4.79 Å². The maximum absolute atomic E-state index is 12.4. The second-order valence-electron chi connectivity index (χ2n) is 6.54. The van der Waals surface area contributed by atoms with Gasteiger partial charge in [-0.1, -0.05) is 23.8 Å². The Hall–Kier alpha value is -2.69. The Bertz CT molecular complexity index is 772. The molecule has 1 atom stereocenters. The molecule has 2 heterocycles. The van der Waals surface area contributed by atoms with Crippen LogP contribution >= 0.6 is 0 Å². The van der Waals surface area contributed by atoms with E-state index in [2.05, 4.69) is 6.07 Å². The predicted octanol–water partition coefficient (Wildman–Crippen LogP) is 3.12. The molecule has 0 saturated carbocycles. The molecule has 130 valence electrons. The standard InChI is InChI=1S/C20H21NO4/c1-14-2-5-17(6-3-14)23-12-20(22)21-9-8-16(11-21)15-4-7-18-19(10-15)25-13-24-18/h2-7,10,16H,8-9,11-13H2,1H3. The second-order valence-corrected chi connectivity index (χ2v) is 6.54. The van der Waals surface area contributed by atoms with E-state index in [1.165, 1.54) is 11.1 Å². The topological polar surface area (TPSA) is 48.0 Å². The van der Waals surface area contributed by atoms with E-state index in [4.69, 9.17) is 14.2 Å². The summed E-state index contributed by atoms with van der Waals surface area (Å²) in [5, 5.41) is 0. The van der Waals surface area contributed by atoms with Crippen LogP contribution in [0, 0.1) is 6.92 Å². The molecule has 0 radical (unpaired) electrons. The largest absolute Gasteiger partial charge is 0.484 e. The van der Waals surface area contributed by atoms with Crippen LogP contribution in [-0.4, -0.2) is 37.3 Å². The third-order valence-corrected chi connectivity index (χ3v) is 4.79. The Morgan fingerprint density at radius 1 is 1.16 bits per heavy atom. The van der Waals surface area contributed by atoms with Crippen LogP contribution in [0.4, 0.5) is 0 Å². The van der Waals surface area contributed by atoms with Gasteiger partial charge in [0.05, 0.1) is 0 Å². The van der Waals surface area contributed by atoms with Crippen LogP contribution in [0.1, 0.15) is 23.5 Å². The van der Waals surface area contributed by atoms with E-state index in [0.29, 0.717) is 5.92 Å². The fourth-order valence-corrected chi connectivity index (χ4v) is 3.30. The van der Waals surface area contributed by atoms with E-state index in [1.54, 1.807) is 0 Å². The predicted molar refractivity (Wildman–Crippen MR) is 93.2 cm³/mol. The quantitative estimate of drug-likeness (QED) is 0.859. The molecule has 1 fully saturated rings. The lowest BCUT2D eigenvalue weighted by Gasteiger charge is -2.17. The smallest absolute Gasteiger partial charge is 0.260 e. The van der Waals surface area contributed by atoms with Crippen LogP contribution in [0.15, 0.2) is 42.5 Å². The van der Waals surface area contributed by atoms with Gasteiger partial charge in [-0.25, -0.2) is 0 Å². The van der Waals surface area contributed by atoms with Gasteiger partial charge in [-0.2, -0.15) is 0 Å². The van der Waals surface area contributed by atoms with E-state index in [9.17, 15) is 4.79 Å². The van der Waals surface area contributed by atoms with Gasteiger partial charge in [0.1, 0.15) is 5.75 Å². The van der Waals surface area contributed by atoms with Crippen molar-refractivity contribution in [1.82, 2.24) is 4.90 Å². The number of carbonyl (C=O) groups is 1. The van der Waals surface area contributed by atoms with Crippen molar-refractivity contribution in [3.63, 3.8) is 0 Å². The van der Waals surface area contributed by atoms with Crippen molar-refractivity contribution in [2.75, 3.05) is 26.5 Å². The number of hydrogen-bond acceptors (Lipinski definition) is 4. The molecule has 1 unspecified atom stereocenters. The molecule has 1 amide bonds. The summed E-state index contributed by atoms with van der Waals surface area (Å²) >= 11 is 0. The molecule has 1 saturated heterocycles. The number of likely N-dealkylation sites (tertiary alicyclic amines) is 1. The van der Waals surface area contributed by atoms with Crippen molar-refractivity contribution in [3.8, 4) is 17.2 Å². The summed E-state index contributed by atoms with van der Waals surface area (Å²) in [7, 11) is 0. The first kappa shape index (κ1) is 15.8. The minimum atomic E-state index is 0.0313. The molecule has 25 heavy (non-hydrogen) atoms. The molecule has 0 spiro atoms. The van der Waals surface area contributed by atoms with Gasteiger partial charge in [-0.3, -0.25) is 4.79 Å². The molecule has 2 aromatic carbocycles. The third kappa shape index (κ3) is 3.40. The number of hydrogen-bond donors (Lipinski definition) is 0. The van der Waals surface area contributed by atoms with E-state index in [-0.39, 0.29) is 19.3 Å². The van der Waals surface area contributed by atoms with Gasteiger partial charge in [-0.15, -0.1) is 0 Å². The van der Waals surface area contributed by atoms with Gasteiger partial charge in [0.2, 0.25) is 6.79 Å². The van der Waals surface area contributed by atoms with Crippen molar-refractivity contribution in [3.05, 3.63) is 53.6 Å². The first-order valence-corrected chi connectivity index (χ1v) is 8.56. The number of ether oxygens (including phenoxy) is 3. The van der Waals surface area contributed by atoms with Crippen molar-refractivity contribution < 1.29 is 19.0 Å². The van der Waals surface area contributed by atoms with Crippen molar-refractivity contribution in [1.29, 1.82) is 0 Å². The van der Waals surface area contributed by atoms with Crippen LogP contribution < -0.4 is 14.2 Å². The van der Waals surface area contributed by atoms with Crippen LogP contribution in [0.3, 0.4) is 0 Å². The Morgan fingerprint density at radius 3 is 2.80 bits per heavy atom. The van der Waals surface area contributed by atoms with Crippen LogP contribution in [0.25, 0.3) is 0 Å². The zero-order chi connectivity index (χ0) is 17.2. The molecular formula is C20H21NO4. The molecule has 0 bridgehead atoms. The van der Waals surface area contributed by atoms with Crippen molar-refractivity contribution >= 4 is 5.91 Å². The number of carbonyl (C=O) groups excluding carboxylic acids is 1. The van der Waals surface area contributed by atoms with Gasteiger partial charge in [-0.05, 0) is 43.2 Å². The fourth-order valence-electron chi connectivity index (χ4n) is 3.30. The lowest BCUT2D eigenvalue weighted by Crippen LogP contribution is -2.32. The molecule has 4 rings (SSSR count). The summed E-state index contributed by atoms with van der Waals surface area (Å²) in [6.45, 7) is 3.86. The molecule has 2 aromatic rings. The van der Waals surface area contributed by atoms with E-state index in [0.717, 1.165) is 36.8 Å². The summed E-state index contributed by atoms with van der Waals surface area (Å²) in [6.07, 6.45) is 0.954. The van der Waals surface area contributed by atoms with Crippen molar-refractivity contribution in [2.45, 2.75) is 19.3 Å². The molecule has 5 nitrogen and oxygen atoms in total. The number of nitrogens with zero attached hydrogens (tertiary/aromatic N) is 1. The average molecular weight is 339 g/mol. The first-order valence-electron chi connectivity index (χ1n) is 8.56. The summed E-state index contributed by atoms with van der Waals surface area (Å²) < 4.78 is 16.4. The molecule has 2 aliphatic heterocycles. The highest BCUT2D eigenvalue weighted by atomic mass is 16.7.